The molecule has 4 nitrogen and oxygen atoms in total. The quantitative estimate of drug-likeness (QED) is 0.307. The van der Waals surface area contributed by atoms with Gasteiger partial charge in [-0.05, 0) is 60.2 Å². The Kier molecular flexibility index (Phi) is 6.02. The number of hydrogen-bond donors (Lipinski definition) is 1. The van der Waals surface area contributed by atoms with Crippen molar-refractivity contribution in [2.75, 3.05) is 0 Å². The van der Waals surface area contributed by atoms with E-state index < -0.39 is 0 Å². The molecule has 1 aromatic heterocycles. The summed E-state index contributed by atoms with van der Waals surface area (Å²) in [6, 6.07) is 21.5. The van der Waals surface area contributed by atoms with Crippen molar-refractivity contribution >= 4 is 68.7 Å². The number of aliphatic imine (C=N–C) groups is 1. The minimum absolute atomic E-state index is 0.165. The first-order chi connectivity index (χ1) is 16.0. The number of para-hydroxylation sites is 1. The summed E-state index contributed by atoms with van der Waals surface area (Å²) in [6.45, 7) is 2.55. The van der Waals surface area contributed by atoms with Crippen molar-refractivity contribution in [3.8, 4) is 0 Å². The third-order valence-electron chi connectivity index (χ3n) is 5.52. The van der Waals surface area contributed by atoms with Crippen LogP contribution >= 0.6 is 35.0 Å². The number of hydrogen-bond acceptors (Lipinski definition) is 3. The van der Waals surface area contributed by atoms with E-state index in [-0.39, 0.29) is 5.91 Å². The second-order valence-electron chi connectivity index (χ2n) is 7.69. The van der Waals surface area contributed by atoms with E-state index in [1.54, 1.807) is 0 Å². The minimum Gasteiger partial charge on any atom is -0.342 e. The van der Waals surface area contributed by atoms with Crippen molar-refractivity contribution in [3.05, 3.63) is 105 Å². The van der Waals surface area contributed by atoms with Gasteiger partial charge in [0.05, 0.1) is 10.6 Å². The predicted octanol–water partition coefficient (Wildman–Crippen LogP) is 7.20. The van der Waals surface area contributed by atoms with E-state index in [1.807, 2.05) is 67.6 Å². The number of nitrogens with one attached hydrogen (secondary N) is 1. The molecule has 3 aromatic carbocycles. The van der Waals surface area contributed by atoms with Crippen molar-refractivity contribution in [2.24, 2.45) is 4.99 Å². The molecule has 164 valence electrons. The van der Waals surface area contributed by atoms with Gasteiger partial charge in [-0.1, -0.05) is 65.7 Å². The second kappa shape index (κ2) is 9.10. The number of thioether (sulfide) groups is 1. The molecule has 1 amide bonds. The van der Waals surface area contributed by atoms with Crippen LogP contribution in [0, 0.1) is 6.92 Å². The van der Waals surface area contributed by atoms with Crippen molar-refractivity contribution in [3.63, 3.8) is 0 Å². The van der Waals surface area contributed by atoms with Crippen LogP contribution in [0.15, 0.2) is 82.8 Å². The molecule has 0 aliphatic carbocycles. The highest BCUT2D eigenvalue weighted by molar-refractivity contribution is 8.18. The number of nitrogens with zero attached hydrogens (tertiary/aromatic N) is 2. The van der Waals surface area contributed by atoms with Crippen LogP contribution in [-0.4, -0.2) is 15.6 Å². The van der Waals surface area contributed by atoms with E-state index in [9.17, 15) is 4.79 Å². The molecular weight excluding hydrogens is 473 g/mol. The number of aromatic nitrogens is 1. The average Bonchev–Trinajstić information content (AvgIpc) is 3.33. The molecule has 33 heavy (non-hydrogen) atoms. The Morgan fingerprint density at radius 1 is 1.00 bits per heavy atom. The van der Waals surface area contributed by atoms with E-state index in [0.717, 1.165) is 38.3 Å². The number of fused-ring (bicyclic) bond motifs is 1. The summed E-state index contributed by atoms with van der Waals surface area (Å²) in [6.07, 6.45) is 3.98. The van der Waals surface area contributed by atoms with Crippen LogP contribution < -0.4 is 5.32 Å². The van der Waals surface area contributed by atoms with Crippen LogP contribution in [0.5, 0.6) is 0 Å². The summed E-state index contributed by atoms with van der Waals surface area (Å²) in [5.74, 6) is -0.165. The van der Waals surface area contributed by atoms with E-state index in [4.69, 9.17) is 23.2 Å². The summed E-state index contributed by atoms with van der Waals surface area (Å²) >= 11 is 13.9. The van der Waals surface area contributed by atoms with Gasteiger partial charge in [0.2, 0.25) is 0 Å². The Morgan fingerprint density at radius 2 is 1.76 bits per heavy atom. The summed E-state index contributed by atoms with van der Waals surface area (Å²) in [5, 5.41) is 5.85. The van der Waals surface area contributed by atoms with Crippen LogP contribution in [0.2, 0.25) is 10.0 Å². The van der Waals surface area contributed by atoms with Crippen LogP contribution in [0.3, 0.4) is 0 Å². The van der Waals surface area contributed by atoms with E-state index >= 15 is 0 Å². The van der Waals surface area contributed by atoms with Crippen molar-refractivity contribution in [1.82, 2.24) is 9.88 Å². The average molecular weight is 492 g/mol. The summed E-state index contributed by atoms with van der Waals surface area (Å²) in [5.41, 5.74) is 4.70. The van der Waals surface area contributed by atoms with Gasteiger partial charge in [-0.3, -0.25) is 4.79 Å². The second-order valence-corrected chi connectivity index (χ2v) is 9.53. The molecule has 0 saturated carbocycles. The molecule has 7 heteroatoms. The lowest BCUT2D eigenvalue weighted by atomic mass is 10.1. The van der Waals surface area contributed by atoms with Gasteiger partial charge >= 0.3 is 0 Å². The number of carbonyl (C=O) groups excluding carboxylic acids is 1. The topological polar surface area (TPSA) is 46.4 Å². The van der Waals surface area contributed by atoms with Crippen LogP contribution in [0.4, 0.5) is 5.69 Å². The third-order valence-corrected chi connectivity index (χ3v) is 7.20. The zero-order valence-corrected chi connectivity index (χ0v) is 20.0. The smallest absolute Gasteiger partial charge is 0.264 e. The molecule has 1 fully saturated rings. The van der Waals surface area contributed by atoms with Gasteiger partial charge in [0, 0.05) is 39.3 Å². The van der Waals surface area contributed by atoms with E-state index in [0.29, 0.717) is 21.6 Å². The predicted molar refractivity (Wildman–Crippen MR) is 139 cm³/mol. The molecule has 1 aliphatic rings. The maximum absolute atomic E-state index is 12.7. The highest BCUT2D eigenvalue weighted by Crippen LogP contribution is 2.33. The van der Waals surface area contributed by atoms with E-state index in [1.165, 1.54) is 11.8 Å². The van der Waals surface area contributed by atoms with Gasteiger partial charge < -0.3 is 9.88 Å². The lowest BCUT2D eigenvalue weighted by molar-refractivity contribution is -0.115. The molecule has 4 aromatic rings. The van der Waals surface area contributed by atoms with Gasteiger partial charge in [-0.25, -0.2) is 4.99 Å². The molecule has 2 heterocycles. The normalized spacial score (nSPS) is 16.2. The molecule has 1 N–H and O–H groups in total. The first-order valence-electron chi connectivity index (χ1n) is 10.4. The maximum atomic E-state index is 12.7. The highest BCUT2D eigenvalue weighted by Gasteiger charge is 2.24. The van der Waals surface area contributed by atoms with Crippen molar-refractivity contribution < 1.29 is 4.79 Å². The maximum Gasteiger partial charge on any atom is 0.264 e. The fourth-order valence-corrected chi connectivity index (χ4v) is 4.97. The summed E-state index contributed by atoms with van der Waals surface area (Å²) in [7, 11) is 0. The Hall–Kier alpha value is -2.99. The Bertz CT molecular complexity index is 1460. The van der Waals surface area contributed by atoms with Crippen LogP contribution in [-0.2, 0) is 11.3 Å². The zero-order chi connectivity index (χ0) is 22.9. The summed E-state index contributed by atoms with van der Waals surface area (Å²) in [4.78, 5) is 17.9. The van der Waals surface area contributed by atoms with Crippen LogP contribution in [0.25, 0.3) is 17.0 Å². The van der Waals surface area contributed by atoms with E-state index in [2.05, 4.69) is 33.2 Å². The summed E-state index contributed by atoms with van der Waals surface area (Å²) < 4.78 is 2.16. The lowest BCUT2D eigenvalue weighted by Crippen LogP contribution is -2.19. The molecular formula is C26H19Cl2N3OS. The Balaban J connectivity index is 1.49. The largest absolute Gasteiger partial charge is 0.342 e. The van der Waals surface area contributed by atoms with Gasteiger partial charge in [0.15, 0.2) is 5.17 Å². The number of amides is 1. The number of amidine groups is 1. The standard InChI is InChI=1S/C26H19Cl2N3OS/c1-16-20(27)10-6-11-22(16)29-26-30-25(32)24(33-26)13-18-15-31(23-12-5-3-8-19(18)23)14-17-7-2-4-9-21(17)28/h2-13,15H,14H2,1H3,(H,29,30,32)/b24-13+. The fraction of sp³-hybridized carbons (Fsp3) is 0.0769. The fourth-order valence-electron chi connectivity index (χ4n) is 3.78. The van der Waals surface area contributed by atoms with Gasteiger partial charge in [-0.15, -0.1) is 0 Å². The Morgan fingerprint density at radius 3 is 2.61 bits per heavy atom. The first kappa shape index (κ1) is 21.8. The highest BCUT2D eigenvalue weighted by atomic mass is 35.5. The van der Waals surface area contributed by atoms with Gasteiger partial charge in [0.25, 0.3) is 5.91 Å². The SMILES string of the molecule is Cc1c(Cl)cccc1N=C1NC(=O)/C(=C\c2cn(Cc3ccccc3Cl)c3ccccc23)S1. The van der Waals surface area contributed by atoms with Gasteiger partial charge in [0.1, 0.15) is 0 Å². The number of rotatable bonds is 4. The molecule has 0 radical (unpaired) electrons. The van der Waals surface area contributed by atoms with Crippen molar-refractivity contribution in [1.29, 1.82) is 0 Å². The van der Waals surface area contributed by atoms with Crippen LogP contribution in [0.1, 0.15) is 16.7 Å². The Labute approximate surface area is 205 Å². The molecule has 5 rings (SSSR count). The number of benzene rings is 3. The first-order valence-corrected chi connectivity index (χ1v) is 11.9. The van der Waals surface area contributed by atoms with Crippen molar-refractivity contribution in [2.45, 2.75) is 13.5 Å². The molecule has 0 unspecified atom stereocenters. The molecule has 1 aliphatic heterocycles. The minimum atomic E-state index is -0.165. The number of halogens is 2. The lowest BCUT2D eigenvalue weighted by Gasteiger charge is -2.07. The monoisotopic (exact) mass is 491 g/mol. The molecule has 0 spiro atoms. The third kappa shape index (κ3) is 4.44. The van der Waals surface area contributed by atoms with Gasteiger partial charge in [-0.2, -0.15) is 0 Å². The molecule has 0 atom stereocenters. The number of carbonyl (C=O) groups is 1. The zero-order valence-electron chi connectivity index (χ0n) is 17.7. The molecule has 0 bridgehead atoms. The molecule has 1 saturated heterocycles.